The first-order valence-corrected chi connectivity index (χ1v) is 6.73. The van der Waals surface area contributed by atoms with Crippen LogP contribution in [0.3, 0.4) is 0 Å². The molecule has 0 aliphatic carbocycles. The largest absolute Gasteiger partial charge is 0.390 e. The average molecular weight is 288 g/mol. The van der Waals surface area contributed by atoms with E-state index in [4.69, 9.17) is 4.84 Å². The highest BCUT2D eigenvalue weighted by atomic mass is 19.3. The highest BCUT2D eigenvalue weighted by Gasteiger charge is 2.05. The summed E-state index contributed by atoms with van der Waals surface area (Å²) in [5.74, 6) is 0. The van der Waals surface area contributed by atoms with Crippen LogP contribution in [0, 0.1) is 0 Å². The Kier molecular flexibility index (Phi) is 5.43. The topological polar surface area (TPSA) is 21.6 Å². The molecule has 0 saturated carbocycles. The van der Waals surface area contributed by atoms with Crippen LogP contribution in [0.4, 0.5) is 8.78 Å². The average Bonchev–Trinajstić information content (AvgIpc) is 2.52. The molecule has 0 aliphatic rings. The second kappa shape index (κ2) is 7.53. The Labute approximate surface area is 123 Å². The van der Waals surface area contributed by atoms with Gasteiger partial charge in [0.15, 0.2) is 0 Å². The van der Waals surface area contributed by atoms with Crippen LogP contribution < -0.4 is 0 Å². The maximum Gasteiger partial charge on any atom is 0.263 e. The summed E-state index contributed by atoms with van der Waals surface area (Å²) in [4.78, 5) is 5.11. The van der Waals surface area contributed by atoms with Gasteiger partial charge in [0.1, 0.15) is 12.8 Å². The minimum absolute atomic E-state index is 0.00447. The molecule has 0 saturated heterocycles. The molecule has 0 aliphatic heterocycles. The Morgan fingerprint density at radius 2 is 1.62 bits per heavy atom. The van der Waals surface area contributed by atoms with Crippen LogP contribution >= 0.6 is 0 Å². The molecule has 0 fully saturated rings. The summed E-state index contributed by atoms with van der Waals surface area (Å²) in [6, 6.07) is 13.9. The maximum atomic E-state index is 12.4. The van der Waals surface area contributed by atoms with Crippen molar-refractivity contribution in [3.63, 3.8) is 0 Å². The van der Waals surface area contributed by atoms with Crippen LogP contribution in [0.25, 0.3) is 0 Å². The third-order valence-electron chi connectivity index (χ3n) is 3.06. The van der Waals surface area contributed by atoms with Gasteiger partial charge in [0.25, 0.3) is 6.43 Å². The molecule has 0 N–H and O–H groups in total. The monoisotopic (exact) mass is 288 g/mol. The predicted molar refractivity (Wildman–Crippen MR) is 78.5 cm³/mol. The number of alkyl halides is 2. The van der Waals surface area contributed by atoms with E-state index in [1.54, 1.807) is 12.1 Å². The van der Waals surface area contributed by atoms with E-state index in [9.17, 15) is 8.78 Å². The highest BCUT2D eigenvalue weighted by molar-refractivity contribution is 5.79. The summed E-state index contributed by atoms with van der Waals surface area (Å²) in [6.07, 6.45) is 1.32. The van der Waals surface area contributed by atoms with Gasteiger partial charge in [-0.25, -0.2) is 8.78 Å². The Morgan fingerprint density at radius 1 is 1.00 bits per heavy atom. The fourth-order valence-corrected chi connectivity index (χ4v) is 1.77. The Morgan fingerprint density at radius 3 is 2.19 bits per heavy atom. The zero-order valence-corrected chi connectivity index (χ0v) is 11.7. The number of benzene rings is 2. The van der Waals surface area contributed by atoms with Gasteiger partial charge < -0.3 is 4.84 Å². The van der Waals surface area contributed by atoms with Crippen molar-refractivity contribution in [3.8, 4) is 0 Å². The first-order chi connectivity index (χ1) is 10.2. The van der Waals surface area contributed by atoms with Crippen molar-refractivity contribution < 1.29 is 13.6 Å². The Balaban J connectivity index is 1.84. The van der Waals surface area contributed by atoms with Crippen LogP contribution in [-0.4, -0.2) is 6.21 Å². The van der Waals surface area contributed by atoms with Crippen molar-refractivity contribution in [2.24, 2.45) is 5.16 Å². The van der Waals surface area contributed by atoms with Gasteiger partial charge in [-0.15, -0.1) is 0 Å². The number of halogens is 2. The van der Waals surface area contributed by atoms with E-state index in [0.717, 1.165) is 17.5 Å². The molecule has 2 aromatic carbocycles. The number of rotatable bonds is 6. The summed E-state index contributed by atoms with van der Waals surface area (Å²) in [7, 11) is 0. The first kappa shape index (κ1) is 15.2. The number of hydrogen-bond donors (Lipinski definition) is 0. The third-order valence-corrected chi connectivity index (χ3v) is 3.06. The molecular weight excluding hydrogens is 272 g/mol. The minimum Gasteiger partial charge on any atom is -0.390 e. The minimum atomic E-state index is -2.45. The number of nitrogens with zero attached hydrogens (tertiary/aromatic N) is 1. The van der Waals surface area contributed by atoms with E-state index in [-0.39, 0.29) is 12.2 Å². The summed E-state index contributed by atoms with van der Waals surface area (Å²) in [5.41, 5.74) is 2.87. The Hall–Kier alpha value is -2.23. The van der Waals surface area contributed by atoms with E-state index < -0.39 is 6.43 Å². The standard InChI is InChI=1S/C17H16F2NO/c1-2-13-3-5-14(6-4-13)11-20-21-12-15-7-9-16(10-8-15)17(18)19/h3-10,17H,2,12H2,1H3. The molecule has 0 bridgehead atoms. The maximum absolute atomic E-state index is 12.4. The van der Waals surface area contributed by atoms with E-state index in [1.807, 2.05) is 24.3 Å². The Bertz CT molecular complexity index is 577. The zero-order valence-electron chi connectivity index (χ0n) is 11.7. The molecule has 0 unspecified atom stereocenters. The van der Waals surface area contributed by atoms with Gasteiger partial charge in [0, 0.05) is 11.1 Å². The molecule has 0 atom stereocenters. The van der Waals surface area contributed by atoms with E-state index in [2.05, 4.69) is 18.3 Å². The van der Waals surface area contributed by atoms with Crippen molar-refractivity contribution in [1.29, 1.82) is 0 Å². The number of hydrogen-bond acceptors (Lipinski definition) is 2. The van der Waals surface area contributed by atoms with Gasteiger partial charge in [-0.05, 0) is 17.5 Å². The lowest BCUT2D eigenvalue weighted by Gasteiger charge is -2.02. The SMILES string of the molecule is CCc1ccc(/[C]=N\OCc2ccc(C(F)F)cc2)cc1. The lowest BCUT2D eigenvalue weighted by molar-refractivity contribution is 0.131. The van der Waals surface area contributed by atoms with Crippen molar-refractivity contribution in [1.82, 2.24) is 0 Å². The highest BCUT2D eigenvalue weighted by Crippen LogP contribution is 2.18. The molecule has 2 nitrogen and oxygen atoms in total. The van der Waals surface area contributed by atoms with Gasteiger partial charge in [-0.3, -0.25) is 0 Å². The number of aryl methyl sites for hydroxylation is 1. The van der Waals surface area contributed by atoms with Crippen LogP contribution in [0.1, 0.15) is 35.6 Å². The molecule has 2 rings (SSSR count). The smallest absolute Gasteiger partial charge is 0.263 e. The van der Waals surface area contributed by atoms with Crippen LogP contribution in [-0.2, 0) is 17.9 Å². The second-order valence-corrected chi connectivity index (χ2v) is 4.57. The fourth-order valence-electron chi connectivity index (χ4n) is 1.77. The van der Waals surface area contributed by atoms with E-state index >= 15 is 0 Å². The molecule has 0 amide bonds. The molecular formula is C17H16F2NO. The molecule has 0 spiro atoms. The lowest BCUT2D eigenvalue weighted by Crippen LogP contribution is -1.90. The molecule has 21 heavy (non-hydrogen) atoms. The van der Waals surface area contributed by atoms with E-state index in [1.165, 1.54) is 17.7 Å². The van der Waals surface area contributed by atoms with Gasteiger partial charge in [-0.1, -0.05) is 60.6 Å². The van der Waals surface area contributed by atoms with Crippen molar-refractivity contribution in [3.05, 3.63) is 70.8 Å². The zero-order chi connectivity index (χ0) is 15.1. The molecule has 0 aromatic heterocycles. The molecule has 1 radical (unpaired) electrons. The molecule has 2 aromatic rings. The van der Waals surface area contributed by atoms with Crippen LogP contribution in [0.2, 0.25) is 0 Å². The molecule has 109 valence electrons. The summed E-state index contributed by atoms with van der Waals surface area (Å²) >= 11 is 0. The second-order valence-electron chi connectivity index (χ2n) is 4.57. The van der Waals surface area contributed by atoms with Gasteiger partial charge >= 0.3 is 0 Å². The molecule has 0 heterocycles. The van der Waals surface area contributed by atoms with Crippen LogP contribution in [0.5, 0.6) is 0 Å². The fraction of sp³-hybridized carbons (Fsp3) is 0.235. The van der Waals surface area contributed by atoms with Gasteiger partial charge in [-0.2, -0.15) is 0 Å². The predicted octanol–water partition coefficient (Wildman–Crippen LogP) is 4.61. The van der Waals surface area contributed by atoms with Crippen molar-refractivity contribution in [2.75, 3.05) is 0 Å². The summed E-state index contributed by atoms with van der Waals surface area (Å²) < 4.78 is 24.8. The van der Waals surface area contributed by atoms with Crippen molar-refractivity contribution >= 4 is 6.21 Å². The van der Waals surface area contributed by atoms with E-state index in [0.29, 0.717) is 0 Å². The van der Waals surface area contributed by atoms with Crippen LogP contribution in [0.15, 0.2) is 53.7 Å². The van der Waals surface area contributed by atoms with Gasteiger partial charge in [0.2, 0.25) is 0 Å². The quantitative estimate of drug-likeness (QED) is 0.561. The molecule has 4 heteroatoms. The normalized spacial score (nSPS) is 11.2. The summed E-state index contributed by atoms with van der Waals surface area (Å²) in [5, 5.41) is 3.75. The van der Waals surface area contributed by atoms with Crippen molar-refractivity contribution in [2.45, 2.75) is 26.4 Å². The summed E-state index contributed by atoms with van der Waals surface area (Å²) in [6.45, 7) is 2.32. The first-order valence-electron chi connectivity index (χ1n) is 6.73. The lowest BCUT2D eigenvalue weighted by atomic mass is 10.1. The van der Waals surface area contributed by atoms with Gasteiger partial charge in [0.05, 0.1) is 0 Å². The third kappa shape index (κ3) is 4.67.